The van der Waals surface area contributed by atoms with Crippen molar-refractivity contribution in [3.05, 3.63) is 71.9 Å². The second-order valence-corrected chi connectivity index (χ2v) is 5.17. The van der Waals surface area contributed by atoms with Crippen molar-refractivity contribution >= 4 is 5.97 Å². The third-order valence-electron chi connectivity index (χ3n) is 3.54. The van der Waals surface area contributed by atoms with Crippen LogP contribution in [0.3, 0.4) is 0 Å². The molecule has 0 saturated carbocycles. The molecule has 0 aliphatic heterocycles. The number of aromatic nitrogens is 2. The molecule has 7 heteroatoms. The maximum Gasteiger partial charge on any atom is 0.417 e. The number of rotatable bonds is 3. The van der Waals surface area contributed by atoms with Gasteiger partial charge < -0.3 is 5.11 Å². The van der Waals surface area contributed by atoms with Gasteiger partial charge in [-0.2, -0.15) is 13.2 Å². The van der Waals surface area contributed by atoms with Crippen LogP contribution in [0.15, 0.2) is 60.8 Å². The van der Waals surface area contributed by atoms with Crippen LogP contribution in [0.1, 0.15) is 15.9 Å². The van der Waals surface area contributed by atoms with Crippen LogP contribution in [0.4, 0.5) is 13.2 Å². The van der Waals surface area contributed by atoms with Gasteiger partial charge in [-0.25, -0.2) is 14.8 Å². The topological polar surface area (TPSA) is 63.1 Å². The van der Waals surface area contributed by atoms with Crippen LogP contribution in [0.2, 0.25) is 0 Å². The number of nitrogens with zero attached hydrogens (tertiary/aromatic N) is 2. The molecule has 0 radical (unpaired) electrons. The number of hydrogen-bond acceptors (Lipinski definition) is 3. The molecule has 1 aromatic heterocycles. The Labute approximate surface area is 140 Å². The van der Waals surface area contributed by atoms with Crippen LogP contribution in [0.25, 0.3) is 22.6 Å². The van der Waals surface area contributed by atoms with Gasteiger partial charge in [-0.1, -0.05) is 48.5 Å². The van der Waals surface area contributed by atoms with Crippen LogP contribution in [0.5, 0.6) is 0 Å². The molecule has 3 rings (SSSR count). The predicted molar refractivity (Wildman–Crippen MR) is 84.9 cm³/mol. The summed E-state index contributed by atoms with van der Waals surface area (Å²) >= 11 is 0. The lowest BCUT2D eigenvalue weighted by atomic mass is 10.0. The van der Waals surface area contributed by atoms with E-state index in [9.17, 15) is 23.1 Å². The van der Waals surface area contributed by atoms with Gasteiger partial charge in [0.25, 0.3) is 0 Å². The maximum atomic E-state index is 13.3. The molecule has 0 aliphatic carbocycles. The number of hydrogen-bond donors (Lipinski definition) is 1. The molecule has 0 bridgehead atoms. The van der Waals surface area contributed by atoms with Crippen LogP contribution in [-0.4, -0.2) is 21.0 Å². The molecule has 1 N–H and O–H groups in total. The van der Waals surface area contributed by atoms with Gasteiger partial charge in [-0.05, 0) is 6.07 Å². The van der Waals surface area contributed by atoms with E-state index in [0.717, 1.165) is 12.3 Å². The van der Waals surface area contributed by atoms with Gasteiger partial charge in [0.05, 0.1) is 11.3 Å². The molecular formula is C18H11F3N2O2. The molecule has 0 atom stereocenters. The summed E-state index contributed by atoms with van der Waals surface area (Å²) < 4.78 is 39.9. The zero-order chi connectivity index (χ0) is 18.0. The van der Waals surface area contributed by atoms with E-state index in [2.05, 4.69) is 9.97 Å². The lowest BCUT2D eigenvalue weighted by Crippen LogP contribution is -2.10. The standard InChI is InChI=1S/C18H11F3N2O2/c19-18(20,21)14-9-5-4-8-12(14)15-13(17(24)25)10-22-16(23-15)11-6-2-1-3-7-11/h1-10H,(H,24,25). The Balaban J connectivity index is 2.26. The van der Waals surface area contributed by atoms with E-state index < -0.39 is 23.3 Å². The van der Waals surface area contributed by atoms with E-state index >= 15 is 0 Å². The van der Waals surface area contributed by atoms with Gasteiger partial charge in [0.1, 0.15) is 5.56 Å². The monoisotopic (exact) mass is 344 g/mol. The average molecular weight is 344 g/mol. The minimum Gasteiger partial charge on any atom is -0.478 e. The summed E-state index contributed by atoms with van der Waals surface area (Å²) in [5.41, 5.74) is -1.34. The van der Waals surface area contributed by atoms with Crippen molar-refractivity contribution in [3.63, 3.8) is 0 Å². The van der Waals surface area contributed by atoms with Gasteiger partial charge in [0, 0.05) is 17.3 Å². The summed E-state index contributed by atoms with van der Waals surface area (Å²) in [6.07, 6.45) is -3.61. The summed E-state index contributed by atoms with van der Waals surface area (Å²) in [5, 5.41) is 9.32. The third-order valence-corrected chi connectivity index (χ3v) is 3.54. The molecule has 0 saturated heterocycles. The third kappa shape index (κ3) is 3.35. The van der Waals surface area contributed by atoms with Crippen molar-refractivity contribution in [3.8, 4) is 22.6 Å². The number of carboxylic acids is 1. The molecular weight excluding hydrogens is 333 g/mol. The summed E-state index contributed by atoms with van der Waals surface area (Å²) in [6.45, 7) is 0. The highest BCUT2D eigenvalue weighted by Gasteiger charge is 2.34. The Kier molecular flexibility index (Phi) is 4.22. The summed E-state index contributed by atoms with van der Waals surface area (Å²) in [6, 6.07) is 13.4. The smallest absolute Gasteiger partial charge is 0.417 e. The number of carboxylic acid groups (broad SMARTS) is 1. The van der Waals surface area contributed by atoms with Gasteiger partial charge in [-0.3, -0.25) is 0 Å². The van der Waals surface area contributed by atoms with Crippen molar-refractivity contribution in [2.24, 2.45) is 0 Å². The van der Waals surface area contributed by atoms with Gasteiger partial charge in [0.2, 0.25) is 0 Å². The number of benzene rings is 2. The molecule has 25 heavy (non-hydrogen) atoms. The molecule has 0 amide bonds. The first-order valence-electron chi connectivity index (χ1n) is 7.20. The first-order valence-corrected chi connectivity index (χ1v) is 7.20. The SMILES string of the molecule is O=C(O)c1cnc(-c2ccccc2)nc1-c1ccccc1C(F)(F)F. The van der Waals surface area contributed by atoms with Gasteiger partial charge in [0.15, 0.2) is 5.82 Å². The number of carbonyl (C=O) groups is 1. The lowest BCUT2D eigenvalue weighted by molar-refractivity contribution is -0.137. The lowest BCUT2D eigenvalue weighted by Gasteiger charge is -2.14. The molecule has 0 unspecified atom stereocenters. The number of halogens is 3. The Morgan fingerprint density at radius 2 is 1.60 bits per heavy atom. The molecule has 0 fully saturated rings. The predicted octanol–water partition coefficient (Wildman–Crippen LogP) is 4.53. The largest absolute Gasteiger partial charge is 0.478 e. The zero-order valence-electron chi connectivity index (χ0n) is 12.7. The van der Waals surface area contributed by atoms with Crippen molar-refractivity contribution < 1.29 is 23.1 Å². The highest BCUT2D eigenvalue weighted by Crippen LogP contribution is 2.37. The van der Waals surface area contributed by atoms with Gasteiger partial charge >= 0.3 is 12.1 Å². The van der Waals surface area contributed by atoms with Crippen LogP contribution in [0, 0.1) is 0 Å². The van der Waals surface area contributed by atoms with E-state index in [1.165, 1.54) is 18.2 Å². The minimum absolute atomic E-state index is 0.151. The van der Waals surface area contributed by atoms with Crippen LogP contribution >= 0.6 is 0 Å². The van der Waals surface area contributed by atoms with Crippen molar-refractivity contribution in [1.82, 2.24) is 9.97 Å². The molecule has 1 heterocycles. The maximum absolute atomic E-state index is 13.3. The minimum atomic E-state index is -4.63. The Bertz CT molecular complexity index is 925. The Morgan fingerprint density at radius 1 is 0.960 bits per heavy atom. The highest BCUT2D eigenvalue weighted by atomic mass is 19.4. The second kappa shape index (κ2) is 6.35. The molecule has 0 aliphatic rings. The quantitative estimate of drug-likeness (QED) is 0.758. The van der Waals surface area contributed by atoms with Crippen LogP contribution in [-0.2, 0) is 6.18 Å². The van der Waals surface area contributed by atoms with E-state index in [1.54, 1.807) is 30.3 Å². The second-order valence-electron chi connectivity index (χ2n) is 5.17. The van der Waals surface area contributed by atoms with E-state index in [1.807, 2.05) is 0 Å². The van der Waals surface area contributed by atoms with Crippen molar-refractivity contribution in [2.45, 2.75) is 6.18 Å². The fourth-order valence-electron chi connectivity index (χ4n) is 2.41. The van der Waals surface area contributed by atoms with Gasteiger partial charge in [-0.15, -0.1) is 0 Å². The summed E-state index contributed by atoms with van der Waals surface area (Å²) in [7, 11) is 0. The van der Waals surface area contributed by atoms with E-state index in [-0.39, 0.29) is 17.1 Å². The number of alkyl halides is 3. The van der Waals surface area contributed by atoms with E-state index in [4.69, 9.17) is 0 Å². The molecule has 3 aromatic rings. The highest BCUT2D eigenvalue weighted by molar-refractivity contribution is 5.95. The fraction of sp³-hybridized carbons (Fsp3) is 0.0556. The zero-order valence-corrected chi connectivity index (χ0v) is 12.7. The Hall–Kier alpha value is -3.22. The number of aromatic carboxylic acids is 1. The summed E-state index contributed by atoms with van der Waals surface area (Å²) in [4.78, 5) is 19.5. The fourth-order valence-corrected chi connectivity index (χ4v) is 2.41. The molecule has 126 valence electrons. The molecule has 2 aromatic carbocycles. The Morgan fingerprint density at radius 3 is 2.24 bits per heavy atom. The van der Waals surface area contributed by atoms with Crippen molar-refractivity contribution in [1.29, 1.82) is 0 Å². The summed E-state index contributed by atoms with van der Waals surface area (Å²) in [5.74, 6) is -1.25. The molecule has 4 nitrogen and oxygen atoms in total. The molecule has 0 spiro atoms. The normalized spacial score (nSPS) is 11.3. The first kappa shape index (κ1) is 16.6. The van der Waals surface area contributed by atoms with E-state index in [0.29, 0.717) is 5.56 Å². The average Bonchev–Trinajstić information content (AvgIpc) is 2.61. The van der Waals surface area contributed by atoms with Crippen molar-refractivity contribution in [2.75, 3.05) is 0 Å². The van der Waals surface area contributed by atoms with Crippen LogP contribution < -0.4 is 0 Å². The first-order chi connectivity index (χ1) is 11.9.